The molecule has 1 aromatic heterocycles. The van der Waals surface area contributed by atoms with Gasteiger partial charge in [0.25, 0.3) is 5.69 Å². The molecule has 0 saturated carbocycles. The molecule has 0 saturated heterocycles. The molecule has 0 aliphatic carbocycles. The van der Waals surface area contributed by atoms with Crippen molar-refractivity contribution in [3.8, 4) is 0 Å². The summed E-state index contributed by atoms with van der Waals surface area (Å²) in [7, 11) is 0. The summed E-state index contributed by atoms with van der Waals surface area (Å²) in [4.78, 5) is 14.4. The summed E-state index contributed by atoms with van der Waals surface area (Å²) in [6.07, 6.45) is 0. The molecule has 0 atom stereocenters. The van der Waals surface area contributed by atoms with Crippen molar-refractivity contribution in [3.05, 3.63) is 22.2 Å². The minimum Gasteiger partial charge on any atom is -0.383 e. The molecule has 0 aliphatic rings. The van der Waals surface area contributed by atoms with E-state index in [2.05, 4.69) is 38.0 Å². The third-order valence-corrected chi connectivity index (χ3v) is 3.27. The number of rotatable bonds is 6. The molecule has 6 heteroatoms. The minimum atomic E-state index is -0.467. The Morgan fingerprint density at radius 1 is 1.32 bits per heavy atom. The van der Waals surface area contributed by atoms with Crippen LogP contribution in [0.1, 0.15) is 27.7 Å². The number of anilines is 2. The number of nitrogens with two attached hydrogens (primary N) is 1. The topological polar surface area (TPSA) is 94.1 Å². The Labute approximate surface area is 113 Å². The van der Waals surface area contributed by atoms with Gasteiger partial charge in [0.2, 0.25) is 0 Å². The molecule has 106 valence electrons. The van der Waals surface area contributed by atoms with E-state index in [1.54, 1.807) is 0 Å². The molecule has 0 spiro atoms. The predicted octanol–water partition coefficient (Wildman–Crippen LogP) is 2.91. The van der Waals surface area contributed by atoms with Crippen molar-refractivity contribution in [1.82, 2.24) is 4.98 Å². The fourth-order valence-corrected chi connectivity index (χ4v) is 2.20. The molecule has 0 fully saturated rings. The number of pyridine rings is 1. The highest BCUT2D eigenvalue weighted by Crippen LogP contribution is 2.23. The van der Waals surface area contributed by atoms with Crippen LogP contribution in [0.5, 0.6) is 0 Å². The van der Waals surface area contributed by atoms with Gasteiger partial charge in [-0.3, -0.25) is 10.1 Å². The van der Waals surface area contributed by atoms with Crippen LogP contribution in [0, 0.1) is 27.9 Å². The third-order valence-electron chi connectivity index (χ3n) is 3.27. The van der Waals surface area contributed by atoms with Gasteiger partial charge >= 0.3 is 0 Å². The van der Waals surface area contributed by atoms with E-state index in [0.29, 0.717) is 23.6 Å². The first-order chi connectivity index (χ1) is 8.81. The first-order valence-corrected chi connectivity index (χ1v) is 6.47. The number of nitrogens with zero attached hydrogens (tertiary/aromatic N) is 2. The van der Waals surface area contributed by atoms with E-state index >= 15 is 0 Å². The van der Waals surface area contributed by atoms with Gasteiger partial charge in [-0.2, -0.15) is 0 Å². The first kappa shape index (κ1) is 15.2. The Morgan fingerprint density at radius 2 is 1.89 bits per heavy atom. The first-order valence-electron chi connectivity index (χ1n) is 6.47. The molecule has 1 aromatic rings. The maximum atomic E-state index is 10.8. The van der Waals surface area contributed by atoms with Crippen molar-refractivity contribution in [1.29, 1.82) is 0 Å². The number of hydrogen-bond donors (Lipinski definition) is 2. The predicted molar refractivity (Wildman–Crippen MR) is 77.0 cm³/mol. The van der Waals surface area contributed by atoms with Crippen LogP contribution in [-0.4, -0.2) is 16.5 Å². The van der Waals surface area contributed by atoms with Crippen molar-refractivity contribution >= 4 is 17.3 Å². The summed E-state index contributed by atoms with van der Waals surface area (Å²) in [6, 6.07) is 2.67. The largest absolute Gasteiger partial charge is 0.383 e. The second kappa shape index (κ2) is 6.36. The lowest BCUT2D eigenvalue weighted by atomic mass is 9.85. The normalized spacial score (nSPS) is 11.3. The minimum absolute atomic E-state index is 0.0411. The van der Waals surface area contributed by atoms with Crippen LogP contribution in [0.25, 0.3) is 0 Å². The summed E-state index contributed by atoms with van der Waals surface area (Å²) >= 11 is 0. The van der Waals surface area contributed by atoms with E-state index < -0.39 is 4.92 Å². The molecule has 0 unspecified atom stereocenters. The molecular weight excluding hydrogens is 244 g/mol. The highest BCUT2D eigenvalue weighted by Gasteiger charge is 2.18. The quantitative estimate of drug-likeness (QED) is 0.610. The van der Waals surface area contributed by atoms with Gasteiger partial charge in [-0.05, 0) is 17.8 Å². The lowest BCUT2D eigenvalue weighted by molar-refractivity contribution is -0.384. The van der Waals surface area contributed by atoms with E-state index in [0.717, 1.165) is 6.54 Å². The molecule has 0 amide bonds. The smallest absolute Gasteiger partial charge is 0.276 e. The Hall–Kier alpha value is -1.85. The summed E-state index contributed by atoms with van der Waals surface area (Å²) in [5, 5.41) is 13.9. The van der Waals surface area contributed by atoms with E-state index in [-0.39, 0.29) is 11.5 Å². The number of nitrogens with one attached hydrogen (secondary N) is 1. The molecule has 0 aliphatic heterocycles. The van der Waals surface area contributed by atoms with Crippen LogP contribution in [0.2, 0.25) is 0 Å². The Morgan fingerprint density at radius 3 is 2.37 bits per heavy atom. The fraction of sp³-hybridized carbons (Fsp3) is 0.615. The van der Waals surface area contributed by atoms with Crippen LogP contribution in [-0.2, 0) is 0 Å². The molecular formula is C13H22N4O2. The molecule has 0 radical (unpaired) electrons. The second-order valence-corrected chi connectivity index (χ2v) is 5.43. The van der Waals surface area contributed by atoms with Crippen molar-refractivity contribution in [2.45, 2.75) is 27.7 Å². The zero-order valence-electron chi connectivity index (χ0n) is 11.9. The Balaban J connectivity index is 2.79. The monoisotopic (exact) mass is 266 g/mol. The lowest BCUT2D eigenvalue weighted by Gasteiger charge is -2.25. The van der Waals surface area contributed by atoms with Crippen LogP contribution < -0.4 is 11.1 Å². The molecule has 0 aromatic carbocycles. The van der Waals surface area contributed by atoms with Gasteiger partial charge in [0.15, 0.2) is 0 Å². The van der Waals surface area contributed by atoms with Crippen molar-refractivity contribution in [2.75, 3.05) is 17.6 Å². The maximum Gasteiger partial charge on any atom is 0.276 e. The highest BCUT2D eigenvalue weighted by atomic mass is 16.6. The Kier molecular flexibility index (Phi) is 5.09. The second-order valence-electron chi connectivity index (χ2n) is 5.43. The van der Waals surface area contributed by atoms with Gasteiger partial charge in [-0.1, -0.05) is 27.7 Å². The zero-order valence-corrected chi connectivity index (χ0v) is 11.9. The van der Waals surface area contributed by atoms with Gasteiger partial charge in [0.05, 0.1) is 17.1 Å². The van der Waals surface area contributed by atoms with Crippen LogP contribution in [0.4, 0.5) is 17.3 Å². The molecule has 0 bridgehead atoms. The molecule has 1 rings (SSSR count). The van der Waals surface area contributed by atoms with E-state index in [9.17, 15) is 10.1 Å². The van der Waals surface area contributed by atoms with Crippen molar-refractivity contribution in [2.24, 2.45) is 17.8 Å². The SMILES string of the molecule is CC(C)C(CNc1cc([N+](=O)[O-])cc(N)n1)C(C)C. The van der Waals surface area contributed by atoms with Crippen LogP contribution in [0.3, 0.4) is 0 Å². The molecule has 6 nitrogen and oxygen atoms in total. The van der Waals surface area contributed by atoms with Gasteiger partial charge in [0, 0.05) is 6.54 Å². The number of nitro groups is 1. The van der Waals surface area contributed by atoms with Gasteiger partial charge in [-0.25, -0.2) is 4.98 Å². The van der Waals surface area contributed by atoms with Crippen LogP contribution >= 0.6 is 0 Å². The third kappa shape index (κ3) is 4.39. The van der Waals surface area contributed by atoms with Crippen LogP contribution in [0.15, 0.2) is 12.1 Å². The molecule has 1 heterocycles. The summed E-state index contributed by atoms with van der Waals surface area (Å²) in [5.74, 6) is 2.15. The Bertz CT molecular complexity index is 438. The molecule has 19 heavy (non-hydrogen) atoms. The van der Waals surface area contributed by atoms with Gasteiger partial charge in [0.1, 0.15) is 11.6 Å². The van der Waals surface area contributed by atoms with Crippen molar-refractivity contribution < 1.29 is 4.92 Å². The summed E-state index contributed by atoms with van der Waals surface area (Å²) in [6.45, 7) is 9.40. The number of hydrogen-bond acceptors (Lipinski definition) is 5. The van der Waals surface area contributed by atoms with Crippen molar-refractivity contribution in [3.63, 3.8) is 0 Å². The summed E-state index contributed by atoms with van der Waals surface area (Å²) in [5.41, 5.74) is 5.53. The average Bonchev–Trinajstić information content (AvgIpc) is 2.27. The average molecular weight is 266 g/mol. The van der Waals surface area contributed by atoms with Gasteiger partial charge < -0.3 is 11.1 Å². The fourth-order valence-electron chi connectivity index (χ4n) is 2.20. The summed E-state index contributed by atoms with van der Waals surface area (Å²) < 4.78 is 0. The highest BCUT2D eigenvalue weighted by molar-refractivity contribution is 5.52. The maximum absolute atomic E-state index is 10.8. The van der Waals surface area contributed by atoms with E-state index in [4.69, 9.17) is 5.73 Å². The number of nitrogen functional groups attached to an aromatic ring is 1. The lowest BCUT2D eigenvalue weighted by Crippen LogP contribution is -2.24. The van der Waals surface area contributed by atoms with E-state index in [1.807, 2.05) is 0 Å². The molecule has 3 N–H and O–H groups in total. The van der Waals surface area contributed by atoms with Gasteiger partial charge in [-0.15, -0.1) is 0 Å². The number of aromatic nitrogens is 1. The standard InChI is InChI=1S/C13H22N4O2/c1-8(2)11(9(3)4)7-15-13-6-10(17(18)19)5-12(14)16-13/h5-6,8-9,11H,7H2,1-4H3,(H3,14,15,16). The van der Waals surface area contributed by atoms with E-state index in [1.165, 1.54) is 12.1 Å². The zero-order chi connectivity index (χ0) is 14.6.